The Morgan fingerprint density at radius 3 is 2.64 bits per heavy atom. The Morgan fingerprint density at radius 2 is 1.91 bits per heavy atom. The maximum atomic E-state index is 12.7. The van der Waals surface area contributed by atoms with Crippen LogP contribution >= 0.6 is 0 Å². The highest BCUT2D eigenvalue weighted by atomic mass is 16.5. The number of aryl methyl sites for hydroxylation is 1. The second-order valence-corrected chi connectivity index (χ2v) is 5.78. The number of amides is 1. The SMILES string of the molecule is COC1CCN(C(=O)Cc2ccc(C)cc2)c2ccccc21. The Kier molecular flexibility index (Phi) is 4.25. The molecule has 0 fully saturated rings. The van der Waals surface area contributed by atoms with Crippen molar-refractivity contribution in [2.24, 2.45) is 0 Å². The minimum Gasteiger partial charge on any atom is -0.377 e. The third-order valence-electron chi connectivity index (χ3n) is 4.25. The molecule has 1 heterocycles. The molecule has 3 nitrogen and oxygen atoms in total. The van der Waals surface area contributed by atoms with Crippen LogP contribution in [0, 0.1) is 6.92 Å². The summed E-state index contributed by atoms with van der Waals surface area (Å²) in [4.78, 5) is 14.6. The Bertz CT molecular complexity index is 663. The van der Waals surface area contributed by atoms with E-state index in [1.54, 1.807) is 7.11 Å². The van der Waals surface area contributed by atoms with Crippen molar-refractivity contribution in [1.82, 2.24) is 0 Å². The number of rotatable bonds is 3. The highest BCUT2D eigenvalue weighted by Crippen LogP contribution is 2.35. The third-order valence-corrected chi connectivity index (χ3v) is 4.25. The summed E-state index contributed by atoms with van der Waals surface area (Å²) >= 11 is 0. The van der Waals surface area contributed by atoms with Crippen molar-refractivity contribution in [1.29, 1.82) is 0 Å². The second-order valence-electron chi connectivity index (χ2n) is 5.78. The first-order chi connectivity index (χ1) is 10.7. The van der Waals surface area contributed by atoms with E-state index in [4.69, 9.17) is 4.74 Å². The lowest BCUT2D eigenvalue weighted by Gasteiger charge is -2.33. The van der Waals surface area contributed by atoms with E-state index in [9.17, 15) is 4.79 Å². The van der Waals surface area contributed by atoms with E-state index in [1.807, 2.05) is 47.4 Å². The van der Waals surface area contributed by atoms with Crippen molar-refractivity contribution in [2.45, 2.75) is 25.9 Å². The molecule has 0 aliphatic carbocycles. The first-order valence-electron chi connectivity index (χ1n) is 7.66. The van der Waals surface area contributed by atoms with Gasteiger partial charge in [-0.05, 0) is 25.0 Å². The van der Waals surface area contributed by atoms with Gasteiger partial charge in [0.2, 0.25) is 5.91 Å². The fraction of sp³-hybridized carbons (Fsp3) is 0.316. The first-order valence-corrected chi connectivity index (χ1v) is 7.66. The molecule has 1 amide bonds. The van der Waals surface area contributed by atoms with Gasteiger partial charge in [0, 0.05) is 24.9 Å². The maximum absolute atomic E-state index is 12.7. The van der Waals surface area contributed by atoms with Gasteiger partial charge >= 0.3 is 0 Å². The number of hydrogen-bond donors (Lipinski definition) is 0. The van der Waals surface area contributed by atoms with E-state index < -0.39 is 0 Å². The molecule has 0 spiro atoms. The summed E-state index contributed by atoms with van der Waals surface area (Å²) < 4.78 is 5.54. The van der Waals surface area contributed by atoms with Gasteiger partial charge in [0.25, 0.3) is 0 Å². The van der Waals surface area contributed by atoms with Crippen LogP contribution in [0.5, 0.6) is 0 Å². The summed E-state index contributed by atoms with van der Waals surface area (Å²) in [5, 5.41) is 0. The zero-order valence-electron chi connectivity index (χ0n) is 13.1. The number of nitrogens with zero attached hydrogens (tertiary/aromatic N) is 1. The Morgan fingerprint density at radius 1 is 1.18 bits per heavy atom. The molecule has 3 heteroatoms. The van der Waals surface area contributed by atoms with Crippen LogP contribution in [-0.4, -0.2) is 19.6 Å². The van der Waals surface area contributed by atoms with Gasteiger partial charge in [0.1, 0.15) is 0 Å². The fourth-order valence-corrected chi connectivity index (χ4v) is 3.01. The largest absolute Gasteiger partial charge is 0.377 e. The number of benzene rings is 2. The molecule has 0 N–H and O–H groups in total. The summed E-state index contributed by atoms with van der Waals surface area (Å²) in [5.41, 5.74) is 4.36. The Balaban J connectivity index is 1.82. The van der Waals surface area contributed by atoms with Gasteiger partial charge in [-0.15, -0.1) is 0 Å². The van der Waals surface area contributed by atoms with Crippen LogP contribution in [0.1, 0.15) is 29.2 Å². The first kappa shape index (κ1) is 14.8. The van der Waals surface area contributed by atoms with Crippen molar-refractivity contribution in [2.75, 3.05) is 18.6 Å². The van der Waals surface area contributed by atoms with E-state index >= 15 is 0 Å². The van der Waals surface area contributed by atoms with Crippen LogP contribution < -0.4 is 4.90 Å². The number of carbonyl (C=O) groups is 1. The molecule has 2 aromatic carbocycles. The zero-order chi connectivity index (χ0) is 15.5. The number of fused-ring (bicyclic) bond motifs is 1. The molecular weight excluding hydrogens is 274 g/mol. The van der Waals surface area contributed by atoms with Crippen LogP contribution in [0.3, 0.4) is 0 Å². The maximum Gasteiger partial charge on any atom is 0.231 e. The predicted molar refractivity (Wildman–Crippen MR) is 88.0 cm³/mol. The fourth-order valence-electron chi connectivity index (χ4n) is 3.01. The summed E-state index contributed by atoms with van der Waals surface area (Å²) in [5.74, 6) is 0.144. The van der Waals surface area contributed by atoms with Crippen LogP contribution in [0.25, 0.3) is 0 Å². The number of para-hydroxylation sites is 1. The van der Waals surface area contributed by atoms with E-state index in [2.05, 4.69) is 13.0 Å². The van der Waals surface area contributed by atoms with Crippen molar-refractivity contribution >= 4 is 11.6 Å². The van der Waals surface area contributed by atoms with Gasteiger partial charge in [-0.1, -0.05) is 48.0 Å². The van der Waals surface area contributed by atoms with Gasteiger partial charge < -0.3 is 9.64 Å². The second kappa shape index (κ2) is 6.32. The molecule has 0 bridgehead atoms. The normalized spacial score (nSPS) is 17.2. The lowest BCUT2D eigenvalue weighted by molar-refractivity contribution is -0.118. The predicted octanol–water partition coefficient (Wildman–Crippen LogP) is 3.66. The van der Waals surface area contributed by atoms with Crippen molar-refractivity contribution < 1.29 is 9.53 Å². The van der Waals surface area contributed by atoms with Crippen LogP contribution in [-0.2, 0) is 16.0 Å². The standard InChI is InChI=1S/C19H21NO2/c1-14-7-9-15(10-8-14)13-19(21)20-12-11-18(22-2)16-5-3-4-6-17(16)20/h3-10,18H,11-13H2,1-2H3. The Hall–Kier alpha value is -2.13. The minimum absolute atomic E-state index is 0.0830. The monoisotopic (exact) mass is 295 g/mol. The van der Waals surface area contributed by atoms with E-state index in [1.165, 1.54) is 5.56 Å². The molecule has 0 saturated carbocycles. The smallest absolute Gasteiger partial charge is 0.231 e. The lowest BCUT2D eigenvalue weighted by Crippen LogP contribution is -2.38. The number of ether oxygens (including phenoxy) is 1. The molecule has 1 unspecified atom stereocenters. The topological polar surface area (TPSA) is 29.5 Å². The number of hydrogen-bond acceptors (Lipinski definition) is 2. The lowest BCUT2D eigenvalue weighted by atomic mass is 9.98. The average Bonchev–Trinajstić information content (AvgIpc) is 2.56. The minimum atomic E-state index is 0.0830. The third kappa shape index (κ3) is 2.90. The van der Waals surface area contributed by atoms with Crippen molar-refractivity contribution in [3.63, 3.8) is 0 Å². The van der Waals surface area contributed by atoms with E-state index in [0.717, 1.165) is 23.2 Å². The van der Waals surface area contributed by atoms with Gasteiger partial charge in [-0.25, -0.2) is 0 Å². The van der Waals surface area contributed by atoms with Gasteiger partial charge in [0.05, 0.1) is 12.5 Å². The summed E-state index contributed by atoms with van der Waals surface area (Å²) in [6, 6.07) is 16.2. The molecule has 0 saturated heterocycles. The number of methoxy groups -OCH3 is 1. The van der Waals surface area contributed by atoms with Gasteiger partial charge in [0.15, 0.2) is 0 Å². The Labute approximate surface area is 131 Å². The molecular formula is C19H21NO2. The molecule has 114 valence electrons. The van der Waals surface area contributed by atoms with Crippen LogP contribution in [0.15, 0.2) is 48.5 Å². The van der Waals surface area contributed by atoms with Crippen molar-refractivity contribution in [3.8, 4) is 0 Å². The quantitative estimate of drug-likeness (QED) is 0.865. The molecule has 3 rings (SSSR count). The van der Waals surface area contributed by atoms with E-state index in [-0.39, 0.29) is 12.0 Å². The van der Waals surface area contributed by atoms with Gasteiger partial charge in [-0.3, -0.25) is 4.79 Å². The highest BCUT2D eigenvalue weighted by molar-refractivity contribution is 5.96. The molecule has 1 aliphatic rings. The summed E-state index contributed by atoms with van der Waals surface area (Å²) in [6.45, 7) is 2.76. The molecule has 0 aromatic heterocycles. The van der Waals surface area contributed by atoms with Crippen LogP contribution in [0.2, 0.25) is 0 Å². The molecule has 22 heavy (non-hydrogen) atoms. The van der Waals surface area contributed by atoms with Crippen LogP contribution in [0.4, 0.5) is 5.69 Å². The number of anilines is 1. The molecule has 1 atom stereocenters. The van der Waals surface area contributed by atoms with Gasteiger partial charge in [-0.2, -0.15) is 0 Å². The molecule has 0 radical (unpaired) electrons. The molecule has 2 aromatic rings. The number of carbonyl (C=O) groups excluding carboxylic acids is 1. The summed E-state index contributed by atoms with van der Waals surface area (Å²) in [6.07, 6.45) is 1.36. The zero-order valence-corrected chi connectivity index (χ0v) is 13.1. The highest BCUT2D eigenvalue weighted by Gasteiger charge is 2.28. The molecule has 1 aliphatic heterocycles. The summed E-state index contributed by atoms with van der Waals surface area (Å²) in [7, 11) is 1.73. The average molecular weight is 295 g/mol. The van der Waals surface area contributed by atoms with Crippen molar-refractivity contribution in [3.05, 3.63) is 65.2 Å². The van der Waals surface area contributed by atoms with E-state index in [0.29, 0.717) is 13.0 Å².